The summed E-state index contributed by atoms with van der Waals surface area (Å²) in [5.74, 6) is -0.328. The van der Waals surface area contributed by atoms with Gasteiger partial charge in [-0.3, -0.25) is 4.98 Å². The number of aromatic nitrogens is 1. The fourth-order valence-corrected chi connectivity index (χ4v) is 3.37. The lowest BCUT2D eigenvalue weighted by Crippen LogP contribution is -2.28. The van der Waals surface area contributed by atoms with Crippen LogP contribution in [0.15, 0.2) is 24.3 Å². The molecule has 0 spiro atoms. The Balaban J connectivity index is 2.22. The fourth-order valence-electron chi connectivity index (χ4n) is 3.37. The third-order valence-electron chi connectivity index (χ3n) is 4.70. The van der Waals surface area contributed by atoms with Crippen LogP contribution in [0.3, 0.4) is 0 Å². The van der Waals surface area contributed by atoms with Crippen LogP contribution in [0.2, 0.25) is 0 Å². The van der Waals surface area contributed by atoms with Crippen LogP contribution in [0.5, 0.6) is 0 Å². The normalized spacial score (nSPS) is 18.5. The van der Waals surface area contributed by atoms with Crippen molar-refractivity contribution in [3.8, 4) is 0 Å². The van der Waals surface area contributed by atoms with Gasteiger partial charge < -0.3 is 5.11 Å². The lowest BCUT2D eigenvalue weighted by Gasteiger charge is -2.35. The van der Waals surface area contributed by atoms with Gasteiger partial charge in [0.05, 0.1) is 11.1 Å². The van der Waals surface area contributed by atoms with Gasteiger partial charge in [-0.1, -0.05) is 39.0 Å². The highest BCUT2D eigenvalue weighted by molar-refractivity contribution is 6.04. The Morgan fingerprint density at radius 2 is 2.00 bits per heavy atom. The second kappa shape index (κ2) is 4.83. The summed E-state index contributed by atoms with van der Waals surface area (Å²) in [5.41, 5.74) is 3.38. The topological polar surface area (TPSA) is 50.2 Å². The molecule has 1 aromatic carbocycles. The smallest absolute Gasteiger partial charge is 0.336 e. The standard InChI is InChI=1S/C18H21NO2/c1-18(2,3)11-8-9-15-13(10-11)16(17(20)21)12-6-4-5-7-14(12)19-15/h4-7,11H,8-10H2,1-3H3,(H,20,21). The molecule has 3 heteroatoms. The molecule has 1 atom stereocenters. The van der Waals surface area contributed by atoms with Gasteiger partial charge in [-0.25, -0.2) is 4.79 Å². The summed E-state index contributed by atoms with van der Waals surface area (Å²) in [6, 6.07) is 7.56. The number of hydrogen-bond acceptors (Lipinski definition) is 2. The number of carboxylic acids is 1. The zero-order valence-electron chi connectivity index (χ0n) is 12.8. The van der Waals surface area contributed by atoms with E-state index in [9.17, 15) is 9.90 Å². The predicted octanol–water partition coefficient (Wildman–Crippen LogP) is 4.08. The lowest BCUT2D eigenvalue weighted by atomic mass is 9.70. The molecule has 1 aliphatic carbocycles. The number of benzene rings is 1. The minimum absolute atomic E-state index is 0.194. The first-order chi connectivity index (χ1) is 9.88. The van der Waals surface area contributed by atoms with Crippen LogP contribution in [0.1, 0.15) is 48.8 Å². The first-order valence-corrected chi connectivity index (χ1v) is 7.51. The Morgan fingerprint density at radius 1 is 1.29 bits per heavy atom. The van der Waals surface area contributed by atoms with Crippen molar-refractivity contribution in [2.75, 3.05) is 0 Å². The zero-order chi connectivity index (χ0) is 15.2. The summed E-state index contributed by atoms with van der Waals surface area (Å²) < 4.78 is 0. The molecular formula is C18H21NO2. The van der Waals surface area contributed by atoms with Crippen molar-refractivity contribution in [1.29, 1.82) is 0 Å². The van der Waals surface area contributed by atoms with E-state index >= 15 is 0 Å². The number of carboxylic acid groups (broad SMARTS) is 1. The van der Waals surface area contributed by atoms with Crippen LogP contribution < -0.4 is 0 Å². The molecule has 0 saturated heterocycles. The summed E-state index contributed by atoms with van der Waals surface area (Å²) in [6.07, 6.45) is 2.78. The third kappa shape index (κ3) is 2.41. The van der Waals surface area contributed by atoms with Gasteiger partial charge in [-0.15, -0.1) is 0 Å². The van der Waals surface area contributed by atoms with Crippen molar-refractivity contribution in [2.45, 2.75) is 40.0 Å². The quantitative estimate of drug-likeness (QED) is 0.857. The van der Waals surface area contributed by atoms with Crippen molar-refractivity contribution in [3.63, 3.8) is 0 Å². The molecular weight excluding hydrogens is 262 g/mol. The number of hydrogen-bond donors (Lipinski definition) is 1. The van der Waals surface area contributed by atoms with Gasteiger partial charge in [0.1, 0.15) is 0 Å². The van der Waals surface area contributed by atoms with Crippen molar-refractivity contribution in [3.05, 3.63) is 41.1 Å². The maximum absolute atomic E-state index is 11.8. The van der Waals surface area contributed by atoms with E-state index in [4.69, 9.17) is 4.98 Å². The van der Waals surface area contributed by atoms with Gasteiger partial charge in [0.2, 0.25) is 0 Å². The molecule has 3 nitrogen and oxygen atoms in total. The average molecular weight is 283 g/mol. The summed E-state index contributed by atoms with van der Waals surface area (Å²) >= 11 is 0. The molecule has 1 aromatic heterocycles. The van der Waals surface area contributed by atoms with Gasteiger partial charge in [0.15, 0.2) is 0 Å². The molecule has 0 radical (unpaired) electrons. The molecule has 1 unspecified atom stereocenters. The van der Waals surface area contributed by atoms with E-state index in [1.54, 1.807) is 0 Å². The number of para-hydroxylation sites is 1. The van der Waals surface area contributed by atoms with Gasteiger partial charge in [0.25, 0.3) is 0 Å². The first kappa shape index (κ1) is 14.1. The molecule has 0 fully saturated rings. The maximum Gasteiger partial charge on any atom is 0.336 e. The lowest BCUT2D eigenvalue weighted by molar-refractivity contribution is 0.0696. The summed E-state index contributed by atoms with van der Waals surface area (Å²) in [4.78, 5) is 16.5. The second-order valence-corrected chi connectivity index (χ2v) is 7.04. The molecule has 0 saturated carbocycles. The Hall–Kier alpha value is -1.90. The minimum Gasteiger partial charge on any atom is -0.478 e. The first-order valence-electron chi connectivity index (χ1n) is 7.51. The van der Waals surface area contributed by atoms with Crippen molar-refractivity contribution < 1.29 is 9.90 Å². The van der Waals surface area contributed by atoms with Crippen LogP contribution in [-0.2, 0) is 12.8 Å². The molecule has 0 bridgehead atoms. The van der Waals surface area contributed by atoms with Gasteiger partial charge in [-0.2, -0.15) is 0 Å². The number of nitrogens with zero attached hydrogens (tertiary/aromatic N) is 1. The van der Waals surface area contributed by atoms with E-state index in [-0.39, 0.29) is 5.41 Å². The van der Waals surface area contributed by atoms with Gasteiger partial charge in [0, 0.05) is 11.1 Å². The van der Waals surface area contributed by atoms with E-state index in [0.717, 1.165) is 41.4 Å². The summed E-state index contributed by atoms with van der Waals surface area (Å²) in [7, 11) is 0. The SMILES string of the molecule is CC(C)(C)C1CCc2nc3ccccc3c(C(=O)O)c2C1. The monoisotopic (exact) mass is 283 g/mol. The third-order valence-corrected chi connectivity index (χ3v) is 4.70. The maximum atomic E-state index is 11.8. The predicted molar refractivity (Wildman–Crippen MR) is 83.7 cm³/mol. The van der Waals surface area contributed by atoms with Crippen LogP contribution in [0.4, 0.5) is 0 Å². The van der Waals surface area contributed by atoms with E-state index in [2.05, 4.69) is 20.8 Å². The van der Waals surface area contributed by atoms with Crippen molar-refractivity contribution in [2.24, 2.45) is 11.3 Å². The molecule has 1 heterocycles. The Labute approximate surface area is 125 Å². The number of pyridine rings is 1. The van der Waals surface area contributed by atoms with Gasteiger partial charge in [-0.05, 0) is 42.2 Å². The Bertz CT molecular complexity index is 713. The Kier molecular flexibility index (Phi) is 3.23. The van der Waals surface area contributed by atoms with E-state index < -0.39 is 5.97 Å². The van der Waals surface area contributed by atoms with Gasteiger partial charge >= 0.3 is 5.97 Å². The largest absolute Gasteiger partial charge is 0.478 e. The highest BCUT2D eigenvalue weighted by atomic mass is 16.4. The summed E-state index contributed by atoms with van der Waals surface area (Å²) in [6.45, 7) is 6.70. The Morgan fingerprint density at radius 3 is 2.67 bits per heavy atom. The highest BCUT2D eigenvalue weighted by Crippen LogP contribution is 2.39. The highest BCUT2D eigenvalue weighted by Gasteiger charge is 2.32. The number of fused-ring (bicyclic) bond motifs is 2. The fraction of sp³-hybridized carbons (Fsp3) is 0.444. The molecule has 110 valence electrons. The number of aromatic carboxylic acids is 1. The molecule has 21 heavy (non-hydrogen) atoms. The molecule has 3 rings (SSSR count). The summed E-state index contributed by atoms with van der Waals surface area (Å²) in [5, 5.41) is 10.5. The minimum atomic E-state index is -0.834. The number of rotatable bonds is 1. The molecule has 1 N–H and O–H groups in total. The zero-order valence-corrected chi connectivity index (χ0v) is 12.8. The van der Waals surface area contributed by atoms with E-state index in [1.807, 2.05) is 24.3 Å². The second-order valence-electron chi connectivity index (χ2n) is 7.04. The molecule has 0 amide bonds. The van der Waals surface area contributed by atoms with E-state index in [1.165, 1.54) is 0 Å². The van der Waals surface area contributed by atoms with Crippen molar-refractivity contribution in [1.82, 2.24) is 4.98 Å². The van der Waals surface area contributed by atoms with E-state index in [0.29, 0.717) is 11.5 Å². The molecule has 2 aromatic rings. The van der Waals surface area contributed by atoms with Crippen LogP contribution in [0.25, 0.3) is 10.9 Å². The molecule has 1 aliphatic rings. The number of carbonyl (C=O) groups is 1. The van der Waals surface area contributed by atoms with Crippen LogP contribution in [-0.4, -0.2) is 16.1 Å². The molecule has 0 aliphatic heterocycles. The number of aryl methyl sites for hydroxylation is 1. The average Bonchev–Trinajstić information content (AvgIpc) is 2.42. The van der Waals surface area contributed by atoms with Crippen molar-refractivity contribution >= 4 is 16.9 Å². The van der Waals surface area contributed by atoms with Crippen LogP contribution in [0, 0.1) is 11.3 Å². The van der Waals surface area contributed by atoms with Crippen LogP contribution >= 0.6 is 0 Å².